The van der Waals surface area contributed by atoms with Crippen molar-refractivity contribution < 1.29 is 0 Å². The lowest BCUT2D eigenvalue weighted by atomic mass is 9.82. The third-order valence-electron chi connectivity index (χ3n) is 2.79. The van der Waals surface area contributed by atoms with Crippen LogP contribution in [0.5, 0.6) is 0 Å². The predicted octanol–water partition coefficient (Wildman–Crippen LogP) is 3.15. The summed E-state index contributed by atoms with van der Waals surface area (Å²) in [5.41, 5.74) is 0. The highest BCUT2D eigenvalue weighted by molar-refractivity contribution is 6.29. The molecule has 1 aliphatic rings. The van der Waals surface area contributed by atoms with E-state index in [9.17, 15) is 0 Å². The summed E-state index contributed by atoms with van der Waals surface area (Å²) in [5.74, 6) is 1.78. The minimum atomic E-state index is 0.712. The Balaban J connectivity index is 2.10. The molecule has 1 N–H and O–H groups in total. The molecule has 1 saturated carbocycles. The highest BCUT2D eigenvalue weighted by atomic mass is 35.5. The summed E-state index contributed by atoms with van der Waals surface area (Å²) in [6.45, 7) is 7.87. The van der Waals surface area contributed by atoms with Gasteiger partial charge in [0.25, 0.3) is 0 Å². The average Bonchev–Trinajstić information content (AvgIpc) is 2.03. The van der Waals surface area contributed by atoms with E-state index in [1.807, 2.05) is 0 Å². The molecule has 1 aliphatic carbocycles. The molecule has 0 bridgehead atoms. The van der Waals surface area contributed by atoms with Crippen LogP contribution >= 0.6 is 11.6 Å². The minimum Gasteiger partial charge on any atom is -0.312 e. The number of halogens is 1. The van der Waals surface area contributed by atoms with E-state index >= 15 is 0 Å². The maximum atomic E-state index is 5.67. The van der Waals surface area contributed by atoms with Gasteiger partial charge >= 0.3 is 0 Å². The van der Waals surface area contributed by atoms with Gasteiger partial charge in [-0.3, -0.25) is 0 Å². The molecule has 0 radical (unpaired) electrons. The van der Waals surface area contributed by atoms with Gasteiger partial charge in [0.2, 0.25) is 0 Å². The Bertz CT molecular complexity index is 167. The van der Waals surface area contributed by atoms with E-state index in [-0.39, 0.29) is 0 Å². The molecule has 0 aromatic rings. The van der Waals surface area contributed by atoms with E-state index < -0.39 is 0 Å². The van der Waals surface area contributed by atoms with Crippen molar-refractivity contribution in [1.29, 1.82) is 0 Å². The van der Waals surface area contributed by atoms with Crippen LogP contribution in [-0.4, -0.2) is 13.1 Å². The molecule has 0 aromatic carbocycles. The third kappa shape index (κ3) is 4.68. The van der Waals surface area contributed by atoms with Crippen molar-refractivity contribution in [2.24, 2.45) is 11.8 Å². The second-order valence-electron chi connectivity index (χ2n) is 4.29. The summed E-state index contributed by atoms with van der Waals surface area (Å²) in [7, 11) is 0. The molecule has 0 amide bonds. The Labute approximate surface area is 86.5 Å². The van der Waals surface area contributed by atoms with E-state index in [1.165, 1.54) is 25.7 Å². The number of rotatable bonds is 4. The van der Waals surface area contributed by atoms with Gasteiger partial charge in [-0.1, -0.05) is 37.9 Å². The zero-order chi connectivity index (χ0) is 9.68. The molecule has 0 aromatic heterocycles. The monoisotopic (exact) mass is 201 g/mol. The summed E-state index contributed by atoms with van der Waals surface area (Å²) in [6.07, 6.45) is 5.57. The van der Waals surface area contributed by atoms with E-state index in [0.29, 0.717) is 5.03 Å². The Morgan fingerprint density at radius 2 is 2.31 bits per heavy atom. The predicted molar refractivity (Wildman–Crippen MR) is 59.0 cm³/mol. The number of nitrogens with one attached hydrogen (secondary N) is 1. The van der Waals surface area contributed by atoms with E-state index in [1.54, 1.807) is 0 Å². The van der Waals surface area contributed by atoms with Crippen LogP contribution in [-0.2, 0) is 0 Å². The quantitative estimate of drug-likeness (QED) is 0.737. The van der Waals surface area contributed by atoms with Crippen LogP contribution in [0.1, 0.15) is 32.6 Å². The fourth-order valence-electron chi connectivity index (χ4n) is 2.16. The molecule has 1 fully saturated rings. The molecular weight excluding hydrogens is 182 g/mol. The van der Waals surface area contributed by atoms with Crippen LogP contribution in [0.3, 0.4) is 0 Å². The molecule has 2 unspecified atom stereocenters. The zero-order valence-corrected chi connectivity index (χ0v) is 9.24. The maximum Gasteiger partial charge on any atom is 0.0307 e. The fourth-order valence-corrected chi connectivity index (χ4v) is 2.25. The normalized spacial score (nSPS) is 28.8. The fraction of sp³-hybridized carbons (Fsp3) is 0.818. The Morgan fingerprint density at radius 3 is 2.92 bits per heavy atom. The largest absolute Gasteiger partial charge is 0.312 e. The summed E-state index contributed by atoms with van der Waals surface area (Å²) in [5, 5.41) is 4.06. The number of hydrogen-bond acceptors (Lipinski definition) is 1. The van der Waals surface area contributed by atoms with Crippen LogP contribution < -0.4 is 5.32 Å². The van der Waals surface area contributed by atoms with Crippen molar-refractivity contribution in [3.05, 3.63) is 11.6 Å². The molecular formula is C11H20ClN. The standard InChI is InChI=1S/C11H20ClN/c1-9-4-3-5-11(6-9)8-13-7-10(2)12/h9,11,13H,2-8H2,1H3. The van der Waals surface area contributed by atoms with Crippen LogP contribution in [0.2, 0.25) is 0 Å². The first kappa shape index (κ1) is 11.1. The molecule has 2 atom stereocenters. The average molecular weight is 202 g/mol. The highest BCUT2D eigenvalue weighted by Crippen LogP contribution is 2.27. The van der Waals surface area contributed by atoms with Crippen molar-refractivity contribution in [3.63, 3.8) is 0 Å². The van der Waals surface area contributed by atoms with E-state index in [2.05, 4.69) is 18.8 Å². The Morgan fingerprint density at radius 1 is 1.54 bits per heavy atom. The van der Waals surface area contributed by atoms with Crippen molar-refractivity contribution in [1.82, 2.24) is 5.32 Å². The van der Waals surface area contributed by atoms with Gasteiger partial charge in [0.1, 0.15) is 0 Å². The molecule has 1 rings (SSSR count). The lowest BCUT2D eigenvalue weighted by molar-refractivity contribution is 0.276. The van der Waals surface area contributed by atoms with Gasteiger partial charge in [-0.15, -0.1) is 0 Å². The molecule has 0 aliphatic heterocycles. The zero-order valence-electron chi connectivity index (χ0n) is 8.48. The van der Waals surface area contributed by atoms with Gasteiger partial charge in [0, 0.05) is 11.6 Å². The SMILES string of the molecule is C=C(Cl)CNCC1CCCC(C)C1. The van der Waals surface area contributed by atoms with Crippen LogP contribution in [0.25, 0.3) is 0 Å². The smallest absolute Gasteiger partial charge is 0.0307 e. The summed E-state index contributed by atoms with van der Waals surface area (Å²) in [4.78, 5) is 0. The Kier molecular flexibility index (Phi) is 4.82. The van der Waals surface area contributed by atoms with Gasteiger partial charge < -0.3 is 5.32 Å². The van der Waals surface area contributed by atoms with Gasteiger partial charge in [-0.25, -0.2) is 0 Å². The van der Waals surface area contributed by atoms with Crippen LogP contribution in [0.4, 0.5) is 0 Å². The molecule has 0 spiro atoms. The van der Waals surface area contributed by atoms with Gasteiger partial charge in [-0.2, -0.15) is 0 Å². The van der Waals surface area contributed by atoms with Gasteiger partial charge in [0.05, 0.1) is 0 Å². The second kappa shape index (κ2) is 5.66. The minimum absolute atomic E-state index is 0.712. The molecule has 1 nitrogen and oxygen atoms in total. The molecule has 2 heteroatoms. The van der Waals surface area contributed by atoms with Gasteiger partial charge in [0.15, 0.2) is 0 Å². The maximum absolute atomic E-state index is 5.67. The van der Waals surface area contributed by atoms with Crippen molar-refractivity contribution >= 4 is 11.6 Å². The van der Waals surface area contributed by atoms with Crippen LogP contribution in [0.15, 0.2) is 11.6 Å². The first-order chi connectivity index (χ1) is 6.18. The first-order valence-corrected chi connectivity index (χ1v) is 5.60. The van der Waals surface area contributed by atoms with Crippen molar-refractivity contribution in [2.75, 3.05) is 13.1 Å². The van der Waals surface area contributed by atoms with Crippen molar-refractivity contribution in [3.8, 4) is 0 Å². The lowest BCUT2D eigenvalue weighted by Gasteiger charge is -2.26. The molecule has 13 heavy (non-hydrogen) atoms. The van der Waals surface area contributed by atoms with E-state index in [4.69, 9.17) is 11.6 Å². The first-order valence-electron chi connectivity index (χ1n) is 5.22. The summed E-state index contributed by atoms with van der Waals surface area (Å²) in [6, 6.07) is 0. The summed E-state index contributed by atoms with van der Waals surface area (Å²) >= 11 is 5.67. The third-order valence-corrected chi connectivity index (χ3v) is 2.93. The topological polar surface area (TPSA) is 12.0 Å². The Hall–Kier alpha value is -0.0100. The molecule has 0 saturated heterocycles. The molecule has 76 valence electrons. The lowest BCUT2D eigenvalue weighted by Crippen LogP contribution is -2.27. The second-order valence-corrected chi connectivity index (χ2v) is 4.82. The molecule has 0 heterocycles. The van der Waals surface area contributed by atoms with Crippen molar-refractivity contribution in [2.45, 2.75) is 32.6 Å². The summed E-state index contributed by atoms with van der Waals surface area (Å²) < 4.78 is 0. The van der Waals surface area contributed by atoms with Crippen LogP contribution in [0, 0.1) is 11.8 Å². The highest BCUT2D eigenvalue weighted by Gasteiger charge is 2.17. The van der Waals surface area contributed by atoms with E-state index in [0.717, 1.165) is 24.9 Å². The van der Waals surface area contributed by atoms with Gasteiger partial charge in [-0.05, 0) is 31.2 Å². The number of hydrogen-bond donors (Lipinski definition) is 1.